The van der Waals surface area contributed by atoms with Gasteiger partial charge in [-0.05, 0) is 6.92 Å². The Kier molecular flexibility index (Phi) is 2.60. The van der Waals surface area contributed by atoms with Crippen molar-refractivity contribution in [2.75, 3.05) is 7.11 Å². The Hall–Kier alpha value is -1.16. The van der Waals surface area contributed by atoms with Crippen molar-refractivity contribution >= 4 is 5.78 Å². The summed E-state index contributed by atoms with van der Waals surface area (Å²) in [5, 5.41) is 0. The third kappa shape index (κ3) is 1.53. The Morgan fingerprint density at radius 3 is 2.83 bits per heavy atom. The summed E-state index contributed by atoms with van der Waals surface area (Å²) >= 11 is 0. The monoisotopic (exact) mass is 168 g/mol. The van der Waals surface area contributed by atoms with Gasteiger partial charge in [-0.3, -0.25) is 4.79 Å². The van der Waals surface area contributed by atoms with E-state index in [0.717, 1.165) is 0 Å². The number of carbonyl (C=O) groups is 1. The first kappa shape index (κ1) is 8.93. The van der Waals surface area contributed by atoms with Crippen molar-refractivity contribution in [2.24, 2.45) is 7.05 Å². The second-order valence-corrected chi connectivity index (χ2v) is 2.60. The van der Waals surface area contributed by atoms with E-state index in [-0.39, 0.29) is 5.78 Å². The molecule has 1 aromatic rings. The third-order valence-electron chi connectivity index (χ3n) is 1.76. The normalized spacial score (nSPS) is 12.9. The second-order valence-electron chi connectivity index (χ2n) is 2.60. The van der Waals surface area contributed by atoms with Crippen LogP contribution in [-0.4, -0.2) is 28.5 Å². The average molecular weight is 168 g/mol. The van der Waals surface area contributed by atoms with Gasteiger partial charge < -0.3 is 9.30 Å². The maximum absolute atomic E-state index is 11.4. The number of imidazole rings is 1. The van der Waals surface area contributed by atoms with Crippen LogP contribution in [0, 0.1) is 0 Å². The van der Waals surface area contributed by atoms with Crippen LogP contribution in [0.25, 0.3) is 0 Å². The summed E-state index contributed by atoms with van der Waals surface area (Å²) in [5.41, 5.74) is 0. The fraction of sp³-hybridized carbons (Fsp3) is 0.500. The number of rotatable bonds is 3. The van der Waals surface area contributed by atoms with Crippen LogP contribution in [0.4, 0.5) is 0 Å². The number of hydrogen-bond acceptors (Lipinski definition) is 3. The SMILES string of the molecule is COC(C)C(=O)c1nccn1C. The molecule has 0 saturated carbocycles. The van der Waals surface area contributed by atoms with Crippen molar-refractivity contribution < 1.29 is 9.53 Å². The lowest BCUT2D eigenvalue weighted by Crippen LogP contribution is -2.22. The highest BCUT2D eigenvalue weighted by molar-refractivity contribution is 5.96. The predicted molar refractivity (Wildman–Crippen MR) is 44.0 cm³/mol. The standard InChI is InChI=1S/C8H12N2O2/c1-6(12-3)7(11)8-9-4-5-10(8)2/h4-6H,1-3H3. The first-order valence-electron chi connectivity index (χ1n) is 3.71. The molecule has 0 aliphatic carbocycles. The molecule has 1 aromatic heterocycles. The van der Waals surface area contributed by atoms with E-state index in [1.807, 2.05) is 0 Å². The fourth-order valence-electron chi connectivity index (χ4n) is 0.892. The van der Waals surface area contributed by atoms with Gasteiger partial charge in [0.25, 0.3) is 0 Å². The molecule has 66 valence electrons. The van der Waals surface area contributed by atoms with Crippen LogP contribution in [0.5, 0.6) is 0 Å². The molecule has 0 amide bonds. The van der Waals surface area contributed by atoms with E-state index in [9.17, 15) is 4.79 Å². The molecule has 0 bridgehead atoms. The number of aromatic nitrogens is 2. The highest BCUT2D eigenvalue weighted by Crippen LogP contribution is 2.01. The van der Waals surface area contributed by atoms with E-state index >= 15 is 0 Å². The molecule has 12 heavy (non-hydrogen) atoms. The molecule has 1 unspecified atom stereocenters. The number of hydrogen-bond donors (Lipinski definition) is 0. The van der Waals surface area contributed by atoms with E-state index in [4.69, 9.17) is 4.74 Å². The van der Waals surface area contributed by atoms with Gasteiger partial charge in [0.1, 0.15) is 6.10 Å². The molecule has 0 aliphatic rings. The smallest absolute Gasteiger partial charge is 0.226 e. The van der Waals surface area contributed by atoms with E-state index in [2.05, 4.69) is 4.98 Å². The number of Topliss-reactive ketones (excluding diaryl/α,β-unsaturated/α-hetero) is 1. The van der Waals surface area contributed by atoms with Gasteiger partial charge in [0.05, 0.1) is 0 Å². The topological polar surface area (TPSA) is 44.1 Å². The molecule has 0 aromatic carbocycles. The summed E-state index contributed by atoms with van der Waals surface area (Å²) in [6.07, 6.45) is 2.90. The Balaban J connectivity index is 2.85. The van der Waals surface area contributed by atoms with Crippen LogP contribution in [-0.2, 0) is 11.8 Å². The third-order valence-corrected chi connectivity index (χ3v) is 1.76. The number of aryl methyl sites for hydroxylation is 1. The van der Waals surface area contributed by atoms with Gasteiger partial charge in [0, 0.05) is 26.6 Å². The van der Waals surface area contributed by atoms with Crippen molar-refractivity contribution in [3.63, 3.8) is 0 Å². The minimum Gasteiger partial charge on any atom is -0.373 e. The van der Waals surface area contributed by atoms with Crippen molar-refractivity contribution in [2.45, 2.75) is 13.0 Å². The number of ketones is 1. The molecular formula is C8H12N2O2. The van der Waals surface area contributed by atoms with Crippen LogP contribution >= 0.6 is 0 Å². The zero-order chi connectivity index (χ0) is 9.14. The van der Waals surface area contributed by atoms with E-state index in [1.54, 1.807) is 30.9 Å². The van der Waals surface area contributed by atoms with Gasteiger partial charge in [-0.1, -0.05) is 0 Å². The van der Waals surface area contributed by atoms with Crippen molar-refractivity contribution in [3.8, 4) is 0 Å². The number of ether oxygens (including phenoxy) is 1. The van der Waals surface area contributed by atoms with Crippen LogP contribution in [0.2, 0.25) is 0 Å². The van der Waals surface area contributed by atoms with Crippen molar-refractivity contribution in [1.29, 1.82) is 0 Å². The fourth-order valence-corrected chi connectivity index (χ4v) is 0.892. The summed E-state index contributed by atoms with van der Waals surface area (Å²) in [4.78, 5) is 15.4. The summed E-state index contributed by atoms with van der Waals surface area (Å²) < 4.78 is 6.57. The molecular weight excluding hydrogens is 156 g/mol. The first-order valence-corrected chi connectivity index (χ1v) is 3.71. The van der Waals surface area contributed by atoms with Crippen LogP contribution < -0.4 is 0 Å². The predicted octanol–water partition coefficient (Wildman–Crippen LogP) is 0.638. The summed E-state index contributed by atoms with van der Waals surface area (Å²) in [6.45, 7) is 1.71. The summed E-state index contributed by atoms with van der Waals surface area (Å²) in [5.74, 6) is 0.342. The molecule has 4 heteroatoms. The number of nitrogens with zero attached hydrogens (tertiary/aromatic N) is 2. The molecule has 0 aliphatic heterocycles. The van der Waals surface area contributed by atoms with Gasteiger partial charge in [-0.25, -0.2) is 4.98 Å². The highest BCUT2D eigenvalue weighted by atomic mass is 16.5. The van der Waals surface area contributed by atoms with E-state index < -0.39 is 6.10 Å². The van der Waals surface area contributed by atoms with E-state index in [1.165, 1.54) is 7.11 Å². The molecule has 0 N–H and O–H groups in total. The Morgan fingerprint density at radius 2 is 2.42 bits per heavy atom. The van der Waals surface area contributed by atoms with Crippen LogP contribution in [0.15, 0.2) is 12.4 Å². The molecule has 1 rings (SSSR count). The number of methoxy groups -OCH3 is 1. The Morgan fingerprint density at radius 1 is 1.75 bits per heavy atom. The van der Waals surface area contributed by atoms with Crippen LogP contribution in [0.1, 0.15) is 17.5 Å². The molecule has 0 fully saturated rings. The molecule has 1 atom stereocenters. The maximum atomic E-state index is 11.4. The summed E-state index contributed by atoms with van der Waals surface area (Å²) in [7, 11) is 3.29. The van der Waals surface area contributed by atoms with Gasteiger partial charge in [0.15, 0.2) is 5.82 Å². The molecule has 1 heterocycles. The van der Waals surface area contributed by atoms with Gasteiger partial charge in [0.2, 0.25) is 5.78 Å². The Bertz CT molecular complexity index is 280. The molecule has 0 spiro atoms. The quantitative estimate of drug-likeness (QED) is 0.622. The molecule has 0 radical (unpaired) electrons. The first-order chi connectivity index (χ1) is 5.66. The second kappa shape index (κ2) is 3.49. The largest absolute Gasteiger partial charge is 0.373 e. The lowest BCUT2D eigenvalue weighted by atomic mass is 10.2. The zero-order valence-corrected chi connectivity index (χ0v) is 7.44. The van der Waals surface area contributed by atoms with E-state index in [0.29, 0.717) is 5.82 Å². The Labute approximate surface area is 71.2 Å². The highest BCUT2D eigenvalue weighted by Gasteiger charge is 2.17. The van der Waals surface area contributed by atoms with Gasteiger partial charge in [-0.15, -0.1) is 0 Å². The minimum atomic E-state index is -0.425. The lowest BCUT2D eigenvalue weighted by molar-refractivity contribution is 0.0641. The molecule has 4 nitrogen and oxygen atoms in total. The summed E-state index contributed by atoms with van der Waals surface area (Å²) in [6, 6.07) is 0. The maximum Gasteiger partial charge on any atom is 0.226 e. The molecule has 0 saturated heterocycles. The lowest BCUT2D eigenvalue weighted by Gasteiger charge is -2.06. The van der Waals surface area contributed by atoms with Gasteiger partial charge in [-0.2, -0.15) is 0 Å². The average Bonchev–Trinajstić information content (AvgIpc) is 2.48. The van der Waals surface area contributed by atoms with Crippen LogP contribution in [0.3, 0.4) is 0 Å². The van der Waals surface area contributed by atoms with Crippen molar-refractivity contribution in [1.82, 2.24) is 9.55 Å². The number of carbonyl (C=O) groups excluding carboxylic acids is 1. The minimum absolute atomic E-state index is 0.0926. The zero-order valence-electron chi connectivity index (χ0n) is 7.44. The van der Waals surface area contributed by atoms with Crippen molar-refractivity contribution in [3.05, 3.63) is 18.2 Å². The van der Waals surface area contributed by atoms with Gasteiger partial charge >= 0.3 is 0 Å².